The van der Waals surface area contributed by atoms with Crippen molar-refractivity contribution in [1.82, 2.24) is 0 Å². The summed E-state index contributed by atoms with van der Waals surface area (Å²) in [7, 11) is 0. The Labute approximate surface area is 105 Å². The lowest BCUT2D eigenvalue weighted by atomic mass is 10.2. The molecule has 6 heteroatoms. The Morgan fingerprint density at radius 1 is 1.44 bits per heavy atom. The van der Waals surface area contributed by atoms with Gasteiger partial charge in [0.2, 0.25) is 0 Å². The molecule has 1 aromatic carbocycles. The fourth-order valence-electron chi connectivity index (χ4n) is 1.10. The maximum absolute atomic E-state index is 6.02. The molecule has 0 amide bonds. The summed E-state index contributed by atoms with van der Waals surface area (Å²) in [5.74, 6) is 1.35. The van der Waals surface area contributed by atoms with Gasteiger partial charge in [-0.05, 0) is 17.7 Å². The number of ether oxygens (including phenoxy) is 1. The summed E-state index contributed by atoms with van der Waals surface area (Å²) >= 11 is 10.1. The standard InChI is InChI=1S/C10H14ClN3OS/c11-8-5-7(6-14-10(12)13)1-2-9(8)15-3-4-16/h1-2,5,16H,3-4,6H2,(H4,12,13,14). The van der Waals surface area contributed by atoms with Crippen LogP contribution in [0.4, 0.5) is 0 Å². The van der Waals surface area contributed by atoms with Crippen LogP contribution in [-0.4, -0.2) is 18.3 Å². The van der Waals surface area contributed by atoms with Gasteiger partial charge in [-0.15, -0.1) is 0 Å². The molecule has 0 aliphatic carbocycles. The largest absolute Gasteiger partial charge is 0.491 e. The van der Waals surface area contributed by atoms with Gasteiger partial charge in [-0.2, -0.15) is 12.6 Å². The number of rotatable bonds is 5. The minimum absolute atomic E-state index is 0.0616. The number of aliphatic imine (C=N–C) groups is 1. The molecule has 4 nitrogen and oxygen atoms in total. The van der Waals surface area contributed by atoms with Crippen LogP contribution in [-0.2, 0) is 6.54 Å². The second kappa shape index (κ2) is 6.50. The molecule has 88 valence electrons. The lowest BCUT2D eigenvalue weighted by molar-refractivity contribution is 0.344. The van der Waals surface area contributed by atoms with Gasteiger partial charge < -0.3 is 16.2 Å². The Morgan fingerprint density at radius 3 is 2.75 bits per heavy atom. The van der Waals surface area contributed by atoms with Gasteiger partial charge in [-0.1, -0.05) is 17.7 Å². The third kappa shape index (κ3) is 4.20. The summed E-state index contributed by atoms with van der Waals surface area (Å²) in [4.78, 5) is 3.89. The Bertz CT molecular complexity index is 380. The van der Waals surface area contributed by atoms with E-state index >= 15 is 0 Å². The molecular weight excluding hydrogens is 246 g/mol. The molecule has 0 bridgehead atoms. The number of guanidine groups is 1. The van der Waals surface area contributed by atoms with Crippen LogP contribution in [0.15, 0.2) is 23.2 Å². The van der Waals surface area contributed by atoms with Crippen molar-refractivity contribution in [3.05, 3.63) is 28.8 Å². The van der Waals surface area contributed by atoms with E-state index in [2.05, 4.69) is 17.6 Å². The SMILES string of the molecule is NC(N)=NCc1ccc(OCCS)c(Cl)c1. The molecule has 1 aromatic rings. The average Bonchev–Trinajstić information content (AvgIpc) is 2.25. The zero-order chi connectivity index (χ0) is 12.0. The fraction of sp³-hybridized carbons (Fsp3) is 0.300. The van der Waals surface area contributed by atoms with E-state index in [9.17, 15) is 0 Å². The minimum Gasteiger partial charge on any atom is -0.491 e. The maximum atomic E-state index is 6.02. The van der Waals surface area contributed by atoms with Crippen LogP contribution < -0.4 is 16.2 Å². The number of nitrogens with two attached hydrogens (primary N) is 2. The van der Waals surface area contributed by atoms with Crippen molar-refractivity contribution >= 4 is 30.2 Å². The number of thiol groups is 1. The van der Waals surface area contributed by atoms with E-state index in [1.807, 2.05) is 6.07 Å². The molecule has 4 N–H and O–H groups in total. The summed E-state index contributed by atoms with van der Waals surface area (Å²) in [6, 6.07) is 5.44. The smallest absolute Gasteiger partial charge is 0.186 e. The summed E-state index contributed by atoms with van der Waals surface area (Å²) in [6.07, 6.45) is 0. The van der Waals surface area contributed by atoms with Crippen molar-refractivity contribution in [3.63, 3.8) is 0 Å². The molecule has 0 aliphatic heterocycles. The first-order valence-electron chi connectivity index (χ1n) is 4.71. The zero-order valence-electron chi connectivity index (χ0n) is 8.69. The molecule has 0 saturated heterocycles. The number of hydrogen-bond donors (Lipinski definition) is 3. The molecule has 0 saturated carbocycles. The van der Waals surface area contributed by atoms with Crippen LogP contribution in [0.25, 0.3) is 0 Å². The van der Waals surface area contributed by atoms with E-state index in [4.69, 9.17) is 27.8 Å². The Kier molecular flexibility index (Phi) is 5.28. The number of benzene rings is 1. The Balaban J connectivity index is 2.70. The fourth-order valence-corrected chi connectivity index (χ4v) is 1.45. The van der Waals surface area contributed by atoms with E-state index in [1.54, 1.807) is 12.1 Å². The zero-order valence-corrected chi connectivity index (χ0v) is 10.3. The van der Waals surface area contributed by atoms with Crippen molar-refractivity contribution < 1.29 is 4.74 Å². The Morgan fingerprint density at radius 2 is 2.19 bits per heavy atom. The van der Waals surface area contributed by atoms with Crippen LogP contribution in [0.2, 0.25) is 5.02 Å². The third-order valence-corrected chi connectivity index (χ3v) is 2.27. The predicted octanol–water partition coefficient (Wildman–Crippen LogP) is 1.42. The van der Waals surface area contributed by atoms with Crippen molar-refractivity contribution in [1.29, 1.82) is 0 Å². The molecule has 0 fully saturated rings. The van der Waals surface area contributed by atoms with Gasteiger partial charge in [0, 0.05) is 5.75 Å². The first-order valence-corrected chi connectivity index (χ1v) is 5.72. The Hall–Kier alpha value is -1.07. The number of hydrogen-bond acceptors (Lipinski definition) is 3. The molecule has 0 aliphatic rings. The van der Waals surface area contributed by atoms with Crippen molar-refractivity contribution in [2.75, 3.05) is 12.4 Å². The van der Waals surface area contributed by atoms with Crippen LogP contribution in [0.1, 0.15) is 5.56 Å². The van der Waals surface area contributed by atoms with Gasteiger partial charge >= 0.3 is 0 Å². The summed E-state index contributed by atoms with van der Waals surface area (Å²) in [5, 5.41) is 0.546. The number of nitrogens with zero attached hydrogens (tertiary/aromatic N) is 1. The second-order valence-electron chi connectivity index (χ2n) is 3.08. The van der Waals surface area contributed by atoms with Crippen LogP contribution in [0.3, 0.4) is 0 Å². The topological polar surface area (TPSA) is 73.6 Å². The number of halogens is 1. The van der Waals surface area contributed by atoms with Crippen LogP contribution >= 0.6 is 24.2 Å². The van der Waals surface area contributed by atoms with E-state index in [0.717, 1.165) is 5.56 Å². The highest BCUT2D eigenvalue weighted by Gasteiger charge is 2.02. The van der Waals surface area contributed by atoms with Crippen LogP contribution in [0.5, 0.6) is 5.75 Å². The molecule has 0 spiro atoms. The van der Waals surface area contributed by atoms with Gasteiger partial charge in [-0.25, -0.2) is 4.99 Å². The van der Waals surface area contributed by atoms with Gasteiger partial charge in [0.1, 0.15) is 5.75 Å². The van der Waals surface area contributed by atoms with E-state index in [0.29, 0.717) is 29.7 Å². The molecule has 0 heterocycles. The molecule has 0 aromatic heterocycles. The normalized spacial score (nSPS) is 9.88. The molecule has 0 radical (unpaired) electrons. The monoisotopic (exact) mass is 259 g/mol. The molecule has 0 atom stereocenters. The lowest BCUT2D eigenvalue weighted by Gasteiger charge is -2.07. The van der Waals surface area contributed by atoms with Gasteiger partial charge in [0.15, 0.2) is 5.96 Å². The molecular formula is C10H14ClN3OS. The highest BCUT2D eigenvalue weighted by Crippen LogP contribution is 2.25. The maximum Gasteiger partial charge on any atom is 0.186 e. The minimum atomic E-state index is 0.0616. The highest BCUT2D eigenvalue weighted by molar-refractivity contribution is 7.80. The van der Waals surface area contributed by atoms with Gasteiger partial charge in [0.25, 0.3) is 0 Å². The molecule has 16 heavy (non-hydrogen) atoms. The van der Waals surface area contributed by atoms with E-state index < -0.39 is 0 Å². The highest BCUT2D eigenvalue weighted by atomic mass is 35.5. The van der Waals surface area contributed by atoms with Crippen molar-refractivity contribution in [2.24, 2.45) is 16.5 Å². The van der Waals surface area contributed by atoms with Gasteiger partial charge in [-0.3, -0.25) is 0 Å². The van der Waals surface area contributed by atoms with Gasteiger partial charge in [0.05, 0.1) is 18.2 Å². The average molecular weight is 260 g/mol. The van der Waals surface area contributed by atoms with E-state index in [-0.39, 0.29) is 5.96 Å². The van der Waals surface area contributed by atoms with Crippen molar-refractivity contribution in [2.45, 2.75) is 6.54 Å². The second-order valence-corrected chi connectivity index (χ2v) is 3.93. The van der Waals surface area contributed by atoms with Crippen molar-refractivity contribution in [3.8, 4) is 5.75 Å². The predicted molar refractivity (Wildman–Crippen MR) is 70.3 cm³/mol. The molecule has 0 unspecified atom stereocenters. The first-order chi connectivity index (χ1) is 7.63. The van der Waals surface area contributed by atoms with Crippen LogP contribution in [0, 0.1) is 0 Å². The van der Waals surface area contributed by atoms with E-state index in [1.165, 1.54) is 0 Å². The summed E-state index contributed by atoms with van der Waals surface area (Å²) in [6.45, 7) is 0.935. The summed E-state index contributed by atoms with van der Waals surface area (Å²) < 4.78 is 5.37. The summed E-state index contributed by atoms with van der Waals surface area (Å²) in [5.41, 5.74) is 11.4. The lowest BCUT2D eigenvalue weighted by Crippen LogP contribution is -2.22. The third-order valence-electron chi connectivity index (χ3n) is 1.79. The first kappa shape index (κ1) is 13.0. The molecule has 1 rings (SSSR count). The quantitative estimate of drug-likeness (QED) is 0.425.